The number of benzene rings is 1. The molecule has 0 spiro atoms. The third-order valence-corrected chi connectivity index (χ3v) is 7.90. The van der Waals surface area contributed by atoms with Crippen LogP contribution in [0.3, 0.4) is 0 Å². The highest BCUT2D eigenvalue weighted by Gasteiger charge is 2.30. The number of sulfonamides is 1. The molecule has 2 aromatic rings. The van der Waals surface area contributed by atoms with Crippen LogP contribution in [0, 0.1) is 5.92 Å². The van der Waals surface area contributed by atoms with Crippen molar-refractivity contribution in [3.05, 3.63) is 30.2 Å². The number of aryl methyl sites for hydroxylation is 1. The molecule has 1 aromatic heterocycles. The molecular formula is C23H33N3O4S. The molecule has 1 aliphatic heterocycles. The molecule has 1 saturated heterocycles. The van der Waals surface area contributed by atoms with Gasteiger partial charge < -0.3 is 4.52 Å². The third-order valence-electron chi connectivity index (χ3n) is 5.99. The molecule has 0 radical (unpaired) electrons. The number of hydrogen-bond acceptors (Lipinski definition) is 6. The van der Waals surface area contributed by atoms with Crippen LogP contribution in [0.4, 0.5) is 0 Å². The molecule has 8 heteroatoms. The van der Waals surface area contributed by atoms with E-state index >= 15 is 0 Å². The number of nitrogens with zero attached hydrogens (tertiary/aromatic N) is 3. The number of aromatic nitrogens is 2. The Balaban J connectivity index is 1.56. The summed E-state index contributed by atoms with van der Waals surface area (Å²) in [5.41, 5.74) is 0.729. The molecule has 1 fully saturated rings. The molecule has 31 heavy (non-hydrogen) atoms. The highest BCUT2D eigenvalue weighted by atomic mass is 32.2. The average Bonchev–Trinajstić information content (AvgIpc) is 3.25. The Kier molecular flexibility index (Phi) is 8.37. The van der Waals surface area contributed by atoms with Crippen LogP contribution in [-0.2, 0) is 21.2 Å². The molecule has 1 aliphatic rings. The quantitative estimate of drug-likeness (QED) is 0.466. The Hall–Kier alpha value is -2.06. The molecule has 1 aromatic carbocycles. The zero-order chi connectivity index (χ0) is 22.3. The lowest BCUT2D eigenvalue weighted by Crippen LogP contribution is -2.39. The van der Waals surface area contributed by atoms with Crippen LogP contribution in [0.15, 0.2) is 33.7 Å². The number of rotatable bonds is 11. The number of ketones is 1. The van der Waals surface area contributed by atoms with Gasteiger partial charge in [-0.25, -0.2) is 8.42 Å². The Morgan fingerprint density at radius 3 is 2.35 bits per heavy atom. The first-order chi connectivity index (χ1) is 14.9. The molecule has 0 N–H and O–H groups in total. The largest absolute Gasteiger partial charge is 0.339 e. The zero-order valence-electron chi connectivity index (χ0n) is 18.5. The van der Waals surface area contributed by atoms with Crippen LogP contribution in [0.25, 0.3) is 11.4 Å². The number of carbonyl (C=O) groups is 1. The molecule has 2 heterocycles. The topological polar surface area (TPSA) is 93.4 Å². The van der Waals surface area contributed by atoms with E-state index in [0.717, 1.165) is 24.8 Å². The standard InChI is InChI=1S/C23H33N3O4S/c1-3-4-5-6-7-8-9-22-24-23(25-30-22)20-10-12-21(13-11-20)31(28,29)26-16-14-19(15-17-26)18(2)27/h10-13,19H,3-9,14-17H2,1-2H3. The second-order valence-corrected chi connectivity index (χ2v) is 10.3. The van der Waals surface area contributed by atoms with Gasteiger partial charge in [0.2, 0.25) is 21.7 Å². The third kappa shape index (κ3) is 6.23. The SMILES string of the molecule is CCCCCCCCc1nc(-c2ccc(S(=O)(=O)N3CCC(C(C)=O)CC3)cc2)no1. The maximum Gasteiger partial charge on any atom is 0.243 e. The minimum atomic E-state index is -3.57. The van der Waals surface area contributed by atoms with Crippen molar-refractivity contribution >= 4 is 15.8 Å². The van der Waals surface area contributed by atoms with Crippen LogP contribution < -0.4 is 0 Å². The molecule has 0 aliphatic carbocycles. The number of Topliss-reactive ketones (excluding diaryl/α,β-unsaturated/α-hetero) is 1. The summed E-state index contributed by atoms with van der Waals surface area (Å²) in [5, 5.41) is 4.04. The van der Waals surface area contributed by atoms with Gasteiger partial charge in [0.15, 0.2) is 0 Å². The summed E-state index contributed by atoms with van der Waals surface area (Å²) < 4.78 is 32.7. The molecular weight excluding hydrogens is 414 g/mol. The normalized spacial score (nSPS) is 15.9. The van der Waals surface area contributed by atoms with Gasteiger partial charge in [-0.1, -0.05) is 44.2 Å². The lowest BCUT2D eigenvalue weighted by atomic mass is 9.95. The number of piperidine rings is 1. The fraction of sp³-hybridized carbons (Fsp3) is 0.609. The molecule has 0 amide bonds. The lowest BCUT2D eigenvalue weighted by molar-refractivity contribution is -0.121. The van der Waals surface area contributed by atoms with Gasteiger partial charge in [0.1, 0.15) is 5.78 Å². The van der Waals surface area contributed by atoms with Gasteiger partial charge >= 0.3 is 0 Å². The predicted octanol–water partition coefficient (Wildman–Crippen LogP) is 4.63. The summed E-state index contributed by atoms with van der Waals surface area (Å²) in [5.74, 6) is 1.21. The molecule has 0 unspecified atom stereocenters. The van der Waals surface area contributed by atoms with Gasteiger partial charge in [0, 0.05) is 31.0 Å². The smallest absolute Gasteiger partial charge is 0.243 e. The molecule has 0 bridgehead atoms. The van der Waals surface area contributed by atoms with Crippen LogP contribution in [0.5, 0.6) is 0 Å². The van der Waals surface area contributed by atoms with Gasteiger partial charge in [-0.2, -0.15) is 9.29 Å². The fourth-order valence-corrected chi connectivity index (χ4v) is 5.43. The number of hydrogen-bond donors (Lipinski definition) is 0. The Labute approximate surface area is 185 Å². The van der Waals surface area contributed by atoms with E-state index in [-0.39, 0.29) is 16.6 Å². The number of unbranched alkanes of at least 4 members (excludes halogenated alkanes) is 5. The summed E-state index contributed by atoms with van der Waals surface area (Å²) in [4.78, 5) is 16.2. The Morgan fingerprint density at radius 2 is 1.71 bits per heavy atom. The van der Waals surface area contributed by atoms with Crippen molar-refractivity contribution in [2.24, 2.45) is 5.92 Å². The first-order valence-electron chi connectivity index (χ1n) is 11.4. The predicted molar refractivity (Wildman–Crippen MR) is 119 cm³/mol. The second kappa shape index (κ2) is 11.0. The first kappa shape index (κ1) is 23.6. The summed E-state index contributed by atoms with van der Waals surface area (Å²) in [6, 6.07) is 6.61. The van der Waals surface area contributed by atoms with E-state index in [1.807, 2.05) is 0 Å². The van der Waals surface area contributed by atoms with E-state index in [9.17, 15) is 13.2 Å². The molecule has 3 rings (SSSR count). The van der Waals surface area contributed by atoms with Crippen LogP contribution >= 0.6 is 0 Å². The summed E-state index contributed by atoms with van der Waals surface area (Å²) >= 11 is 0. The van der Waals surface area contributed by atoms with E-state index in [1.165, 1.54) is 30.0 Å². The van der Waals surface area contributed by atoms with Crippen molar-refractivity contribution in [1.29, 1.82) is 0 Å². The minimum absolute atomic E-state index is 0.0300. The highest BCUT2D eigenvalue weighted by Crippen LogP contribution is 2.26. The Morgan fingerprint density at radius 1 is 1.06 bits per heavy atom. The van der Waals surface area contributed by atoms with Crippen LogP contribution in [0.2, 0.25) is 0 Å². The summed E-state index contributed by atoms with van der Waals surface area (Å²) in [7, 11) is -3.57. The van der Waals surface area contributed by atoms with Crippen molar-refractivity contribution < 1.29 is 17.7 Å². The lowest BCUT2D eigenvalue weighted by Gasteiger charge is -2.30. The van der Waals surface area contributed by atoms with Crippen molar-refractivity contribution in [2.45, 2.75) is 76.5 Å². The van der Waals surface area contributed by atoms with E-state index in [2.05, 4.69) is 17.1 Å². The van der Waals surface area contributed by atoms with E-state index in [0.29, 0.717) is 37.6 Å². The van der Waals surface area contributed by atoms with Gasteiger partial charge in [-0.15, -0.1) is 0 Å². The molecule has 7 nitrogen and oxygen atoms in total. The van der Waals surface area contributed by atoms with Crippen molar-refractivity contribution in [1.82, 2.24) is 14.4 Å². The van der Waals surface area contributed by atoms with E-state index in [4.69, 9.17) is 4.52 Å². The zero-order valence-corrected chi connectivity index (χ0v) is 19.4. The molecule has 0 atom stereocenters. The van der Waals surface area contributed by atoms with Crippen molar-refractivity contribution in [3.63, 3.8) is 0 Å². The number of carbonyl (C=O) groups excluding carboxylic acids is 1. The maximum absolute atomic E-state index is 12.9. The van der Waals surface area contributed by atoms with Gasteiger partial charge in [-0.3, -0.25) is 4.79 Å². The minimum Gasteiger partial charge on any atom is -0.339 e. The second-order valence-electron chi connectivity index (χ2n) is 8.34. The van der Waals surface area contributed by atoms with Crippen molar-refractivity contribution in [3.8, 4) is 11.4 Å². The van der Waals surface area contributed by atoms with Crippen molar-refractivity contribution in [2.75, 3.05) is 13.1 Å². The monoisotopic (exact) mass is 447 g/mol. The average molecular weight is 448 g/mol. The van der Waals surface area contributed by atoms with Gasteiger partial charge in [-0.05, 0) is 50.5 Å². The summed E-state index contributed by atoms with van der Waals surface area (Å²) in [6.07, 6.45) is 9.15. The maximum atomic E-state index is 12.9. The van der Waals surface area contributed by atoms with Crippen LogP contribution in [0.1, 0.15) is 71.1 Å². The van der Waals surface area contributed by atoms with Crippen LogP contribution in [-0.4, -0.2) is 41.7 Å². The fourth-order valence-electron chi connectivity index (χ4n) is 3.96. The van der Waals surface area contributed by atoms with E-state index in [1.54, 1.807) is 31.2 Å². The van der Waals surface area contributed by atoms with E-state index < -0.39 is 10.0 Å². The Bertz CT molecular complexity index is 945. The summed E-state index contributed by atoms with van der Waals surface area (Å²) in [6.45, 7) is 4.53. The van der Waals surface area contributed by atoms with Gasteiger partial charge in [0.25, 0.3) is 0 Å². The molecule has 170 valence electrons. The molecule has 0 saturated carbocycles. The highest BCUT2D eigenvalue weighted by molar-refractivity contribution is 7.89. The van der Waals surface area contributed by atoms with Gasteiger partial charge in [0.05, 0.1) is 4.90 Å². The first-order valence-corrected chi connectivity index (χ1v) is 12.8.